The minimum atomic E-state index is -0.103. The number of piperidine rings is 1. The molecule has 1 aromatic carbocycles. The molecular formula is C14H20N2O. The van der Waals surface area contributed by atoms with Crippen molar-refractivity contribution in [3.05, 3.63) is 29.8 Å². The van der Waals surface area contributed by atoms with Gasteiger partial charge in [-0.3, -0.25) is 0 Å². The molecule has 17 heavy (non-hydrogen) atoms. The molecule has 2 saturated heterocycles. The summed E-state index contributed by atoms with van der Waals surface area (Å²) in [6.45, 7) is 0.592. The summed E-state index contributed by atoms with van der Waals surface area (Å²) in [6.07, 6.45) is 4.14. The smallest absolute Gasteiger partial charge is 0.0579 e. The maximum Gasteiger partial charge on any atom is 0.0579 e. The molecule has 0 aliphatic carbocycles. The van der Waals surface area contributed by atoms with Gasteiger partial charge in [-0.15, -0.1) is 0 Å². The highest BCUT2D eigenvalue weighted by Crippen LogP contribution is 2.40. The molecule has 2 heterocycles. The number of aliphatic hydroxyl groups is 1. The maximum atomic E-state index is 9.83. The van der Waals surface area contributed by atoms with Gasteiger partial charge in [-0.25, -0.2) is 0 Å². The van der Waals surface area contributed by atoms with Crippen LogP contribution in [0.5, 0.6) is 0 Å². The van der Waals surface area contributed by atoms with E-state index in [0.717, 1.165) is 12.8 Å². The van der Waals surface area contributed by atoms with Crippen LogP contribution < -0.4 is 10.6 Å². The van der Waals surface area contributed by atoms with Crippen molar-refractivity contribution < 1.29 is 5.11 Å². The second-order valence-corrected chi connectivity index (χ2v) is 5.25. The number of rotatable bonds is 2. The van der Waals surface area contributed by atoms with E-state index < -0.39 is 0 Å². The molecule has 2 aliphatic heterocycles. The van der Waals surface area contributed by atoms with E-state index in [0.29, 0.717) is 18.6 Å². The quantitative estimate of drug-likeness (QED) is 0.815. The van der Waals surface area contributed by atoms with Gasteiger partial charge < -0.3 is 15.7 Å². The van der Waals surface area contributed by atoms with E-state index in [-0.39, 0.29) is 6.10 Å². The molecule has 0 amide bonds. The molecule has 92 valence electrons. The molecule has 0 spiro atoms. The van der Waals surface area contributed by atoms with Crippen LogP contribution in [0.4, 0.5) is 5.69 Å². The van der Waals surface area contributed by atoms with Crippen molar-refractivity contribution in [3.8, 4) is 0 Å². The van der Waals surface area contributed by atoms with E-state index in [9.17, 15) is 5.11 Å². The van der Waals surface area contributed by atoms with Crippen molar-refractivity contribution >= 4 is 5.69 Å². The first kappa shape index (κ1) is 11.1. The summed E-state index contributed by atoms with van der Waals surface area (Å²) in [5.74, 6) is 0. The summed E-state index contributed by atoms with van der Waals surface area (Å²) in [6, 6.07) is 9.43. The number of benzene rings is 1. The largest absolute Gasteiger partial charge is 0.393 e. The fourth-order valence-corrected chi connectivity index (χ4v) is 3.48. The summed E-state index contributed by atoms with van der Waals surface area (Å²) >= 11 is 0. The van der Waals surface area contributed by atoms with Crippen molar-refractivity contribution in [1.29, 1.82) is 0 Å². The monoisotopic (exact) mass is 232 g/mol. The van der Waals surface area contributed by atoms with Gasteiger partial charge in [0.2, 0.25) is 0 Å². The minimum absolute atomic E-state index is 0.103. The molecule has 0 saturated carbocycles. The standard InChI is InChI=1S/C14H20N2O/c15-9-10-3-1-2-4-14(10)16-11-5-6-12(16)8-13(17)7-11/h1-4,11-13,17H,5-9,15H2. The Labute approximate surface area is 102 Å². The third-order valence-corrected chi connectivity index (χ3v) is 4.20. The number of fused-ring (bicyclic) bond motifs is 2. The molecule has 3 nitrogen and oxygen atoms in total. The van der Waals surface area contributed by atoms with Crippen LogP contribution in [0.1, 0.15) is 31.2 Å². The second-order valence-electron chi connectivity index (χ2n) is 5.25. The normalized spacial score (nSPS) is 31.9. The SMILES string of the molecule is NCc1ccccc1N1C2CCC1CC(O)C2. The summed E-state index contributed by atoms with van der Waals surface area (Å²) in [5, 5.41) is 9.83. The van der Waals surface area contributed by atoms with Crippen LogP contribution in [0.2, 0.25) is 0 Å². The van der Waals surface area contributed by atoms with Gasteiger partial charge in [0, 0.05) is 24.3 Å². The molecule has 0 radical (unpaired) electrons. The third-order valence-electron chi connectivity index (χ3n) is 4.20. The van der Waals surface area contributed by atoms with Gasteiger partial charge in [-0.05, 0) is 37.3 Å². The third kappa shape index (κ3) is 1.83. The first-order valence-corrected chi connectivity index (χ1v) is 6.54. The van der Waals surface area contributed by atoms with Crippen molar-refractivity contribution in [1.82, 2.24) is 0 Å². The average molecular weight is 232 g/mol. The van der Waals surface area contributed by atoms with E-state index >= 15 is 0 Å². The number of para-hydroxylation sites is 1. The van der Waals surface area contributed by atoms with Crippen molar-refractivity contribution in [2.75, 3.05) is 4.90 Å². The number of hydrogen-bond donors (Lipinski definition) is 2. The molecule has 2 aliphatic rings. The van der Waals surface area contributed by atoms with Crippen molar-refractivity contribution in [2.45, 2.75) is 50.4 Å². The Kier molecular flexibility index (Phi) is 2.81. The molecule has 2 bridgehead atoms. The van der Waals surface area contributed by atoms with Gasteiger partial charge in [0.25, 0.3) is 0 Å². The number of nitrogens with two attached hydrogens (primary N) is 1. The molecule has 3 N–H and O–H groups in total. The Morgan fingerprint density at radius 2 is 1.82 bits per heavy atom. The van der Waals surface area contributed by atoms with E-state index in [4.69, 9.17) is 5.73 Å². The summed E-state index contributed by atoms with van der Waals surface area (Å²) < 4.78 is 0. The molecule has 3 rings (SSSR count). The van der Waals surface area contributed by atoms with E-state index in [1.165, 1.54) is 24.1 Å². The Balaban J connectivity index is 1.94. The van der Waals surface area contributed by atoms with Gasteiger partial charge in [0.05, 0.1) is 6.10 Å². The van der Waals surface area contributed by atoms with Gasteiger partial charge in [-0.2, -0.15) is 0 Å². The van der Waals surface area contributed by atoms with Crippen LogP contribution in [0.15, 0.2) is 24.3 Å². The van der Waals surface area contributed by atoms with Gasteiger partial charge >= 0.3 is 0 Å². The highest BCUT2D eigenvalue weighted by molar-refractivity contribution is 5.56. The fraction of sp³-hybridized carbons (Fsp3) is 0.571. The predicted octanol–water partition coefficient (Wildman–Crippen LogP) is 1.64. The van der Waals surface area contributed by atoms with Crippen LogP contribution >= 0.6 is 0 Å². The summed E-state index contributed by atoms with van der Waals surface area (Å²) in [5.41, 5.74) is 8.33. The number of nitrogens with zero attached hydrogens (tertiary/aromatic N) is 1. The Morgan fingerprint density at radius 3 is 2.47 bits per heavy atom. The van der Waals surface area contributed by atoms with Crippen LogP contribution in [0.25, 0.3) is 0 Å². The lowest BCUT2D eigenvalue weighted by Crippen LogP contribution is -2.45. The average Bonchev–Trinajstić information content (AvgIpc) is 2.61. The van der Waals surface area contributed by atoms with E-state index in [1.54, 1.807) is 0 Å². The molecule has 1 aromatic rings. The Hall–Kier alpha value is -1.06. The second kappa shape index (κ2) is 4.31. The van der Waals surface area contributed by atoms with Gasteiger partial charge in [0.1, 0.15) is 0 Å². The first-order chi connectivity index (χ1) is 8.29. The maximum absolute atomic E-state index is 9.83. The Morgan fingerprint density at radius 1 is 1.18 bits per heavy atom. The lowest BCUT2D eigenvalue weighted by Gasteiger charge is -2.40. The van der Waals surface area contributed by atoms with E-state index in [1.807, 2.05) is 6.07 Å². The number of anilines is 1. The molecule has 2 unspecified atom stereocenters. The van der Waals surface area contributed by atoms with Crippen LogP contribution in [0, 0.1) is 0 Å². The van der Waals surface area contributed by atoms with Crippen LogP contribution in [-0.2, 0) is 6.54 Å². The van der Waals surface area contributed by atoms with E-state index in [2.05, 4.69) is 23.1 Å². The van der Waals surface area contributed by atoms with Crippen molar-refractivity contribution in [3.63, 3.8) is 0 Å². The van der Waals surface area contributed by atoms with Gasteiger partial charge in [0.15, 0.2) is 0 Å². The highest BCUT2D eigenvalue weighted by Gasteiger charge is 2.40. The molecular weight excluding hydrogens is 212 g/mol. The lowest BCUT2D eigenvalue weighted by atomic mass is 9.98. The topological polar surface area (TPSA) is 49.5 Å². The Bertz CT molecular complexity index is 393. The number of hydrogen-bond acceptors (Lipinski definition) is 3. The van der Waals surface area contributed by atoms with Crippen LogP contribution in [-0.4, -0.2) is 23.3 Å². The summed E-state index contributed by atoms with van der Waals surface area (Å²) in [7, 11) is 0. The molecule has 0 aromatic heterocycles. The minimum Gasteiger partial charge on any atom is -0.393 e. The zero-order valence-electron chi connectivity index (χ0n) is 10.0. The van der Waals surface area contributed by atoms with Gasteiger partial charge in [-0.1, -0.05) is 18.2 Å². The van der Waals surface area contributed by atoms with Crippen molar-refractivity contribution in [2.24, 2.45) is 5.73 Å². The summed E-state index contributed by atoms with van der Waals surface area (Å²) in [4.78, 5) is 2.51. The molecule has 2 atom stereocenters. The zero-order valence-corrected chi connectivity index (χ0v) is 10.0. The van der Waals surface area contributed by atoms with Crippen LogP contribution in [0.3, 0.4) is 0 Å². The molecule has 2 fully saturated rings. The highest BCUT2D eigenvalue weighted by atomic mass is 16.3. The fourth-order valence-electron chi connectivity index (χ4n) is 3.48. The predicted molar refractivity (Wildman–Crippen MR) is 68.9 cm³/mol. The lowest BCUT2D eigenvalue weighted by molar-refractivity contribution is 0.126. The molecule has 3 heteroatoms. The first-order valence-electron chi connectivity index (χ1n) is 6.54. The number of aliphatic hydroxyl groups excluding tert-OH is 1. The zero-order chi connectivity index (χ0) is 11.8.